The van der Waals surface area contributed by atoms with E-state index in [2.05, 4.69) is 21.2 Å². The van der Waals surface area contributed by atoms with Crippen molar-refractivity contribution < 1.29 is 22.7 Å². The number of esters is 1. The minimum Gasteiger partial charge on any atom is -0.462 e. The Balaban J connectivity index is 1.91. The van der Waals surface area contributed by atoms with Gasteiger partial charge in [-0.05, 0) is 67.9 Å². The fraction of sp³-hybridized carbons (Fsp3) is 0.167. The van der Waals surface area contributed by atoms with Crippen LogP contribution in [0.1, 0.15) is 22.8 Å². The lowest BCUT2D eigenvalue weighted by atomic mass is 10.1. The molecule has 3 aromatic carbocycles. The fourth-order valence-corrected chi connectivity index (χ4v) is 4.87. The van der Waals surface area contributed by atoms with Gasteiger partial charge >= 0.3 is 5.97 Å². The van der Waals surface area contributed by atoms with Crippen LogP contribution in [-0.2, 0) is 19.6 Å². The molecule has 0 heterocycles. The number of carbonyl (C=O) groups excluding carboxylic acids is 2. The molecule has 1 amide bonds. The van der Waals surface area contributed by atoms with Gasteiger partial charge in [0.2, 0.25) is 5.91 Å². The van der Waals surface area contributed by atoms with Crippen molar-refractivity contribution in [2.75, 3.05) is 22.8 Å². The number of halogens is 1. The highest BCUT2D eigenvalue weighted by Gasteiger charge is 2.27. The summed E-state index contributed by atoms with van der Waals surface area (Å²) in [5.74, 6) is -1.05. The van der Waals surface area contributed by atoms with Crippen molar-refractivity contribution in [3.05, 3.63) is 88.4 Å². The number of anilines is 2. The summed E-state index contributed by atoms with van der Waals surface area (Å²) >= 11 is 3.34. The van der Waals surface area contributed by atoms with Crippen LogP contribution in [0, 0.1) is 6.92 Å². The highest BCUT2D eigenvalue weighted by Crippen LogP contribution is 2.26. The zero-order valence-electron chi connectivity index (χ0n) is 18.1. The zero-order valence-corrected chi connectivity index (χ0v) is 20.5. The summed E-state index contributed by atoms with van der Waals surface area (Å²) in [5.41, 5.74) is 1.61. The number of rotatable bonds is 8. The number of nitrogens with zero attached hydrogens (tertiary/aromatic N) is 1. The Hall–Kier alpha value is -3.17. The van der Waals surface area contributed by atoms with Crippen LogP contribution in [0.3, 0.4) is 0 Å². The summed E-state index contributed by atoms with van der Waals surface area (Å²) in [7, 11) is -4.01. The molecule has 3 aromatic rings. The highest BCUT2D eigenvalue weighted by molar-refractivity contribution is 9.10. The van der Waals surface area contributed by atoms with Gasteiger partial charge < -0.3 is 10.1 Å². The monoisotopic (exact) mass is 530 g/mol. The number of amides is 1. The number of hydrogen-bond acceptors (Lipinski definition) is 5. The fourth-order valence-electron chi connectivity index (χ4n) is 3.16. The van der Waals surface area contributed by atoms with Gasteiger partial charge in [-0.3, -0.25) is 9.10 Å². The van der Waals surface area contributed by atoms with E-state index in [9.17, 15) is 18.0 Å². The number of hydrogen-bond donors (Lipinski definition) is 1. The minimum absolute atomic E-state index is 0.0706. The molecule has 9 heteroatoms. The minimum atomic E-state index is -4.01. The predicted octanol–water partition coefficient (Wildman–Crippen LogP) is 4.77. The molecular weight excluding hydrogens is 508 g/mol. The summed E-state index contributed by atoms with van der Waals surface area (Å²) < 4.78 is 33.6. The molecule has 7 nitrogen and oxygen atoms in total. The van der Waals surface area contributed by atoms with Crippen LogP contribution in [0.15, 0.2) is 82.2 Å². The normalized spacial score (nSPS) is 11.0. The topological polar surface area (TPSA) is 92.8 Å². The summed E-state index contributed by atoms with van der Waals surface area (Å²) in [6.07, 6.45) is 0. The smallest absolute Gasteiger partial charge is 0.338 e. The molecular formula is C24H23BrN2O5S. The Morgan fingerprint density at radius 2 is 1.64 bits per heavy atom. The lowest BCUT2D eigenvalue weighted by Gasteiger charge is -2.24. The molecule has 0 saturated heterocycles. The van der Waals surface area contributed by atoms with Crippen molar-refractivity contribution in [1.82, 2.24) is 0 Å². The van der Waals surface area contributed by atoms with Gasteiger partial charge in [-0.2, -0.15) is 0 Å². The Morgan fingerprint density at radius 3 is 2.27 bits per heavy atom. The first-order valence-electron chi connectivity index (χ1n) is 10.1. The second kappa shape index (κ2) is 10.6. The molecule has 33 heavy (non-hydrogen) atoms. The third kappa shape index (κ3) is 5.80. The molecule has 0 unspecified atom stereocenters. The molecule has 0 atom stereocenters. The average molecular weight is 531 g/mol. The number of nitrogens with one attached hydrogen (secondary N) is 1. The number of carbonyl (C=O) groups is 2. The van der Waals surface area contributed by atoms with E-state index in [-0.39, 0.29) is 11.5 Å². The van der Waals surface area contributed by atoms with Crippen molar-refractivity contribution in [1.29, 1.82) is 0 Å². The van der Waals surface area contributed by atoms with Gasteiger partial charge in [-0.1, -0.05) is 40.2 Å². The van der Waals surface area contributed by atoms with Crippen molar-refractivity contribution >= 4 is 49.2 Å². The number of benzene rings is 3. The first kappa shape index (κ1) is 24.5. The van der Waals surface area contributed by atoms with Crippen LogP contribution in [0.2, 0.25) is 0 Å². The van der Waals surface area contributed by atoms with Crippen LogP contribution >= 0.6 is 15.9 Å². The summed E-state index contributed by atoms with van der Waals surface area (Å²) in [4.78, 5) is 25.2. The number of sulfonamides is 1. The van der Waals surface area contributed by atoms with Crippen LogP contribution in [0.25, 0.3) is 0 Å². The molecule has 172 valence electrons. The Labute approximate surface area is 201 Å². The van der Waals surface area contributed by atoms with Crippen LogP contribution < -0.4 is 9.62 Å². The lowest BCUT2D eigenvalue weighted by molar-refractivity contribution is -0.114. The van der Waals surface area contributed by atoms with E-state index in [4.69, 9.17) is 4.74 Å². The maximum absolute atomic E-state index is 13.4. The summed E-state index contributed by atoms with van der Waals surface area (Å²) in [6, 6.07) is 19.4. The lowest BCUT2D eigenvalue weighted by Crippen LogP contribution is -2.38. The molecule has 0 aliphatic carbocycles. The highest BCUT2D eigenvalue weighted by atomic mass is 79.9. The van der Waals surface area contributed by atoms with Crippen LogP contribution in [0.5, 0.6) is 0 Å². The van der Waals surface area contributed by atoms with Gasteiger partial charge in [-0.15, -0.1) is 0 Å². The maximum Gasteiger partial charge on any atom is 0.338 e. The van der Waals surface area contributed by atoms with Gasteiger partial charge in [0, 0.05) is 10.2 Å². The van der Waals surface area contributed by atoms with E-state index < -0.39 is 28.4 Å². The van der Waals surface area contributed by atoms with E-state index in [0.717, 1.165) is 8.78 Å². The molecule has 0 bridgehead atoms. The van der Waals surface area contributed by atoms with E-state index in [0.29, 0.717) is 22.5 Å². The molecule has 0 spiro atoms. The van der Waals surface area contributed by atoms with Crippen molar-refractivity contribution in [2.24, 2.45) is 0 Å². The van der Waals surface area contributed by atoms with E-state index in [1.54, 1.807) is 74.5 Å². The first-order valence-corrected chi connectivity index (χ1v) is 12.4. The maximum atomic E-state index is 13.4. The van der Waals surface area contributed by atoms with Gasteiger partial charge in [0.15, 0.2) is 0 Å². The third-order valence-electron chi connectivity index (χ3n) is 4.84. The van der Waals surface area contributed by atoms with Crippen molar-refractivity contribution in [3.8, 4) is 0 Å². The van der Waals surface area contributed by atoms with Crippen molar-refractivity contribution in [3.63, 3.8) is 0 Å². The molecule has 1 N–H and O–H groups in total. The molecule has 0 aliphatic rings. The molecule has 0 saturated carbocycles. The largest absolute Gasteiger partial charge is 0.462 e. The van der Waals surface area contributed by atoms with Crippen LogP contribution in [-0.4, -0.2) is 33.4 Å². The zero-order chi connectivity index (χ0) is 24.0. The van der Waals surface area contributed by atoms with E-state index in [1.807, 2.05) is 0 Å². The van der Waals surface area contributed by atoms with Gasteiger partial charge in [0.05, 0.1) is 22.8 Å². The summed E-state index contributed by atoms with van der Waals surface area (Å²) in [5, 5.41) is 2.72. The van der Waals surface area contributed by atoms with E-state index >= 15 is 0 Å². The van der Waals surface area contributed by atoms with Gasteiger partial charge in [-0.25, -0.2) is 13.2 Å². The van der Waals surface area contributed by atoms with E-state index in [1.165, 1.54) is 12.1 Å². The number of ether oxygens (including phenoxy) is 1. The second-order valence-corrected chi connectivity index (χ2v) is 9.83. The van der Waals surface area contributed by atoms with Crippen LogP contribution in [0.4, 0.5) is 11.4 Å². The van der Waals surface area contributed by atoms with Gasteiger partial charge in [0.25, 0.3) is 10.0 Å². The second-order valence-electron chi connectivity index (χ2n) is 7.05. The quantitative estimate of drug-likeness (QED) is 0.423. The average Bonchev–Trinajstić information content (AvgIpc) is 2.80. The molecule has 0 radical (unpaired) electrons. The first-order chi connectivity index (χ1) is 15.7. The molecule has 3 rings (SSSR count). The standard InChI is InChI=1S/C24H23BrN2O5S/c1-3-32-24(29)21-10-7-11-22(17(21)2)26-23(28)16-27(19-14-12-18(25)13-15-19)33(30,31)20-8-5-4-6-9-20/h4-15H,3,16H2,1-2H3,(H,26,28). The van der Waals surface area contributed by atoms with Gasteiger partial charge in [0.1, 0.15) is 6.54 Å². The molecule has 0 fully saturated rings. The Bertz CT molecular complexity index is 1250. The Kier molecular flexibility index (Phi) is 7.88. The molecule has 0 aromatic heterocycles. The SMILES string of the molecule is CCOC(=O)c1cccc(NC(=O)CN(c2ccc(Br)cc2)S(=O)(=O)c2ccccc2)c1C. The third-order valence-corrected chi connectivity index (χ3v) is 7.15. The summed E-state index contributed by atoms with van der Waals surface area (Å²) in [6.45, 7) is 3.17. The predicted molar refractivity (Wildman–Crippen MR) is 131 cm³/mol. The molecule has 0 aliphatic heterocycles. The van der Waals surface area contributed by atoms with Crippen molar-refractivity contribution in [2.45, 2.75) is 18.7 Å². The Morgan fingerprint density at radius 1 is 0.970 bits per heavy atom.